The highest BCUT2D eigenvalue weighted by Crippen LogP contribution is 2.81. The molecule has 0 radical (unpaired) electrons. The number of rotatable bonds is 0. The number of fused-ring (bicyclic) bond motifs is 1. The summed E-state index contributed by atoms with van der Waals surface area (Å²) in [6.07, 6.45) is 1.26. The number of Topliss-reactive ketones (excluding diaryl/α,β-unsaturated/α-hetero) is 1. The van der Waals surface area contributed by atoms with E-state index in [9.17, 15) is 4.79 Å². The minimum Gasteiger partial charge on any atom is -0.367 e. The van der Waals surface area contributed by atoms with Crippen LogP contribution in [0.25, 0.3) is 0 Å². The maximum Gasteiger partial charge on any atom is 0.168 e. The van der Waals surface area contributed by atoms with Gasteiger partial charge in [0, 0.05) is 11.8 Å². The van der Waals surface area contributed by atoms with Crippen molar-refractivity contribution in [3.63, 3.8) is 0 Å². The number of carbonyl (C=O) groups excluding carboxylic acids is 1. The molecular weight excluding hydrogens is 164 g/mol. The average molecular weight is 178 g/mol. The Morgan fingerprint density at radius 1 is 1.46 bits per heavy atom. The van der Waals surface area contributed by atoms with Crippen molar-refractivity contribution in [3.8, 4) is 0 Å². The first-order valence-electron chi connectivity index (χ1n) is 5.28. The lowest BCUT2D eigenvalue weighted by atomic mass is 9.80. The van der Waals surface area contributed by atoms with Gasteiger partial charge in [0.25, 0.3) is 0 Å². The third-order valence-electron chi connectivity index (χ3n) is 5.42. The normalized spacial score (nSPS) is 71.7. The molecule has 4 rings (SSSR count). The Labute approximate surface area is 77.6 Å². The van der Waals surface area contributed by atoms with Gasteiger partial charge in [-0.2, -0.15) is 0 Å². The lowest BCUT2D eigenvalue weighted by Crippen LogP contribution is -2.39. The summed E-state index contributed by atoms with van der Waals surface area (Å²) in [5, 5.41) is 0. The fourth-order valence-corrected chi connectivity index (χ4v) is 4.98. The van der Waals surface area contributed by atoms with Gasteiger partial charge in [-0.1, -0.05) is 6.92 Å². The fourth-order valence-electron chi connectivity index (χ4n) is 4.98. The van der Waals surface area contributed by atoms with E-state index in [-0.39, 0.29) is 5.60 Å². The van der Waals surface area contributed by atoms with Gasteiger partial charge in [0.15, 0.2) is 5.78 Å². The monoisotopic (exact) mass is 178 g/mol. The smallest absolute Gasteiger partial charge is 0.168 e. The molecule has 4 aliphatic rings. The Kier molecular flexibility index (Phi) is 0.805. The van der Waals surface area contributed by atoms with E-state index in [0.717, 1.165) is 12.5 Å². The molecule has 0 bridgehead atoms. The molecule has 3 saturated carbocycles. The molecule has 13 heavy (non-hydrogen) atoms. The topological polar surface area (TPSA) is 26.3 Å². The zero-order valence-electron chi connectivity index (χ0n) is 8.04. The first kappa shape index (κ1) is 6.99. The lowest BCUT2D eigenvalue weighted by Gasteiger charge is -2.26. The summed E-state index contributed by atoms with van der Waals surface area (Å²) in [7, 11) is 0. The van der Waals surface area contributed by atoms with Crippen LogP contribution < -0.4 is 0 Å². The van der Waals surface area contributed by atoms with Crippen LogP contribution in [-0.2, 0) is 9.53 Å². The maximum absolute atomic E-state index is 12.1. The largest absolute Gasteiger partial charge is 0.367 e. The van der Waals surface area contributed by atoms with Crippen LogP contribution in [0.4, 0.5) is 0 Å². The first-order valence-corrected chi connectivity index (χ1v) is 5.28. The molecule has 0 N–H and O–H groups in total. The Balaban J connectivity index is 1.98. The number of ether oxygens (including phenoxy) is 1. The molecule has 4 fully saturated rings. The van der Waals surface area contributed by atoms with Crippen LogP contribution in [0.2, 0.25) is 0 Å². The zero-order chi connectivity index (χ0) is 9.01. The van der Waals surface area contributed by atoms with E-state index in [4.69, 9.17) is 4.74 Å². The fraction of sp³-hybridized carbons (Fsp3) is 0.909. The van der Waals surface area contributed by atoms with Crippen LogP contribution in [0.3, 0.4) is 0 Å². The standard InChI is InChI=1S/C11H14O2/c1-10-6-3-5-4-13-11(2,8(5)10)9(12)7(6)10/h5-8H,3-4H2,1-2H3/t5-,6+,7-,8+,10+,11+/m0/s1. The van der Waals surface area contributed by atoms with E-state index in [1.165, 1.54) is 6.42 Å². The van der Waals surface area contributed by atoms with Crippen molar-refractivity contribution in [3.05, 3.63) is 0 Å². The quantitative estimate of drug-likeness (QED) is 0.558. The van der Waals surface area contributed by atoms with Gasteiger partial charge < -0.3 is 4.74 Å². The molecule has 1 aliphatic heterocycles. The van der Waals surface area contributed by atoms with Crippen LogP contribution in [0, 0.1) is 29.1 Å². The molecule has 0 aromatic heterocycles. The van der Waals surface area contributed by atoms with Gasteiger partial charge in [0.1, 0.15) is 5.60 Å². The van der Waals surface area contributed by atoms with Gasteiger partial charge in [-0.15, -0.1) is 0 Å². The number of carbonyl (C=O) groups is 1. The molecule has 0 amide bonds. The van der Waals surface area contributed by atoms with E-state index in [1.54, 1.807) is 0 Å². The SMILES string of the molecule is C[C@@]12[C@@H]3C[C@H]4CO[C@@](C)(C(=O)[C@H]31)[C@H]42. The predicted molar refractivity (Wildman–Crippen MR) is 46.0 cm³/mol. The molecule has 6 atom stereocenters. The van der Waals surface area contributed by atoms with Crippen molar-refractivity contribution >= 4 is 5.78 Å². The predicted octanol–water partition coefficient (Wildman–Crippen LogP) is 1.25. The summed E-state index contributed by atoms with van der Waals surface area (Å²) < 4.78 is 5.74. The molecule has 0 unspecified atom stereocenters. The molecular formula is C11H14O2. The van der Waals surface area contributed by atoms with E-state index in [0.29, 0.717) is 29.0 Å². The van der Waals surface area contributed by atoms with Crippen molar-refractivity contribution in [1.29, 1.82) is 0 Å². The van der Waals surface area contributed by atoms with E-state index < -0.39 is 0 Å². The van der Waals surface area contributed by atoms with Gasteiger partial charge in [-0.25, -0.2) is 0 Å². The van der Waals surface area contributed by atoms with Crippen LogP contribution in [0.15, 0.2) is 0 Å². The van der Waals surface area contributed by atoms with Crippen molar-refractivity contribution in [1.82, 2.24) is 0 Å². The second kappa shape index (κ2) is 1.50. The molecule has 2 nitrogen and oxygen atoms in total. The molecule has 2 heteroatoms. The highest BCUT2D eigenvalue weighted by Gasteiger charge is 2.86. The van der Waals surface area contributed by atoms with E-state index >= 15 is 0 Å². The van der Waals surface area contributed by atoms with Crippen LogP contribution in [0.5, 0.6) is 0 Å². The van der Waals surface area contributed by atoms with Gasteiger partial charge in [-0.3, -0.25) is 4.79 Å². The van der Waals surface area contributed by atoms with Gasteiger partial charge >= 0.3 is 0 Å². The number of ketones is 1. The molecule has 0 aromatic carbocycles. The molecule has 0 aromatic rings. The summed E-state index contributed by atoms with van der Waals surface area (Å²) in [4.78, 5) is 12.1. The molecule has 70 valence electrons. The second-order valence-corrected chi connectivity index (χ2v) is 5.71. The highest BCUT2D eigenvalue weighted by molar-refractivity contribution is 5.97. The van der Waals surface area contributed by atoms with Gasteiger partial charge in [0.2, 0.25) is 0 Å². The van der Waals surface area contributed by atoms with Crippen molar-refractivity contribution in [2.75, 3.05) is 6.61 Å². The lowest BCUT2D eigenvalue weighted by molar-refractivity contribution is -0.138. The Hall–Kier alpha value is -0.370. The van der Waals surface area contributed by atoms with Crippen LogP contribution in [-0.4, -0.2) is 18.0 Å². The number of hydrogen-bond acceptors (Lipinski definition) is 2. The minimum absolute atomic E-state index is 0.354. The van der Waals surface area contributed by atoms with Crippen LogP contribution >= 0.6 is 0 Å². The molecule has 0 spiro atoms. The Bertz CT molecular complexity index is 337. The third-order valence-corrected chi connectivity index (χ3v) is 5.42. The van der Waals surface area contributed by atoms with E-state index in [1.807, 2.05) is 6.92 Å². The third kappa shape index (κ3) is 0.438. The van der Waals surface area contributed by atoms with Gasteiger partial charge in [0.05, 0.1) is 6.61 Å². The van der Waals surface area contributed by atoms with Crippen molar-refractivity contribution in [2.45, 2.75) is 25.9 Å². The summed E-state index contributed by atoms with van der Waals surface area (Å²) in [5.74, 6) is 2.78. The Morgan fingerprint density at radius 2 is 2.23 bits per heavy atom. The molecule has 1 heterocycles. The maximum atomic E-state index is 12.1. The van der Waals surface area contributed by atoms with Crippen molar-refractivity contribution < 1.29 is 9.53 Å². The van der Waals surface area contributed by atoms with Crippen LogP contribution in [0.1, 0.15) is 20.3 Å². The average Bonchev–Trinajstić information content (AvgIpc) is 2.42. The zero-order valence-corrected chi connectivity index (χ0v) is 8.04. The summed E-state index contributed by atoms with van der Waals surface area (Å²) in [6.45, 7) is 5.18. The molecule has 1 saturated heterocycles. The Morgan fingerprint density at radius 3 is 3.00 bits per heavy atom. The van der Waals surface area contributed by atoms with Gasteiger partial charge in [-0.05, 0) is 30.6 Å². The minimum atomic E-state index is -0.378. The summed E-state index contributed by atoms with van der Waals surface area (Å²) in [6, 6.07) is 0. The summed E-state index contributed by atoms with van der Waals surface area (Å²) >= 11 is 0. The number of hydrogen-bond donors (Lipinski definition) is 0. The highest BCUT2D eigenvalue weighted by atomic mass is 16.5. The molecule has 3 aliphatic carbocycles. The van der Waals surface area contributed by atoms with Crippen molar-refractivity contribution in [2.24, 2.45) is 29.1 Å². The first-order chi connectivity index (χ1) is 6.10. The second-order valence-electron chi connectivity index (χ2n) is 5.71. The summed E-state index contributed by atoms with van der Waals surface area (Å²) in [5.41, 5.74) is -0.0237. The van der Waals surface area contributed by atoms with E-state index in [2.05, 4.69) is 6.92 Å².